The quantitative estimate of drug-likeness (QED) is 0.566. The molecule has 1 nitrogen and oxygen atoms in total. The van der Waals surface area contributed by atoms with Gasteiger partial charge in [0.15, 0.2) is 0 Å². The first-order valence-corrected chi connectivity index (χ1v) is 4.62. The summed E-state index contributed by atoms with van der Waals surface area (Å²) in [6.45, 7) is 1.05. The Morgan fingerprint density at radius 1 is 1.15 bits per heavy atom. The van der Waals surface area contributed by atoms with Crippen molar-refractivity contribution < 1.29 is 13.2 Å². The van der Waals surface area contributed by atoms with Gasteiger partial charge in [-0.15, -0.1) is 0 Å². The monoisotopic (exact) mass is 193 g/mol. The number of hydrogen-bond donors (Lipinski definition) is 0. The zero-order valence-corrected chi connectivity index (χ0v) is 7.69. The highest BCUT2D eigenvalue weighted by Gasteiger charge is 2.32. The summed E-state index contributed by atoms with van der Waals surface area (Å²) in [6.07, 6.45) is 0.550. The predicted molar refractivity (Wildman–Crippen MR) is 46.0 cm³/mol. The molecule has 0 spiro atoms. The zero-order chi connectivity index (χ0) is 9.90. The first kappa shape index (κ1) is 10.5. The van der Waals surface area contributed by atoms with Gasteiger partial charge in [-0.2, -0.15) is 13.2 Å². The van der Waals surface area contributed by atoms with Gasteiger partial charge in [-0.3, -0.25) is 4.99 Å². The molecule has 0 bridgehead atoms. The average molecular weight is 193 g/mol. The Kier molecular flexibility index (Phi) is 3.33. The van der Waals surface area contributed by atoms with Crippen molar-refractivity contribution in [2.45, 2.75) is 51.2 Å². The van der Waals surface area contributed by atoms with E-state index in [1.165, 1.54) is 0 Å². The lowest BCUT2D eigenvalue weighted by atomic mass is 9.96. The molecule has 0 radical (unpaired) electrons. The molecule has 0 atom stereocenters. The average Bonchev–Trinajstić information content (AvgIpc) is 2.04. The summed E-state index contributed by atoms with van der Waals surface area (Å²) >= 11 is 0. The van der Waals surface area contributed by atoms with E-state index in [2.05, 4.69) is 4.99 Å². The van der Waals surface area contributed by atoms with Gasteiger partial charge >= 0.3 is 6.18 Å². The van der Waals surface area contributed by atoms with E-state index in [9.17, 15) is 13.2 Å². The maximum Gasteiger partial charge on any atom is 0.428 e. The second kappa shape index (κ2) is 4.11. The summed E-state index contributed by atoms with van der Waals surface area (Å²) in [7, 11) is 0. The summed E-state index contributed by atoms with van der Waals surface area (Å²) in [5, 5.41) is 0. The van der Waals surface area contributed by atoms with Crippen LogP contribution in [0.25, 0.3) is 0 Å². The molecule has 1 rings (SSSR count). The molecule has 1 saturated carbocycles. The van der Waals surface area contributed by atoms with Gasteiger partial charge in [0, 0.05) is 0 Å². The Morgan fingerprint density at radius 3 is 2.15 bits per heavy atom. The van der Waals surface area contributed by atoms with Crippen molar-refractivity contribution in [1.29, 1.82) is 0 Å². The SMILES string of the molecule is CC(=NC1CCCCC1)C(F)(F)F. The van der Waals surface area contributed by atoms with Crippen molar-refractivity contribution in [1.82, 2.24) is 0 Å². The van der Waals surface area contributed by atoms with Crippen LogP contribution in [-0.2, 0) is 0 Å². The van der Waals surface area contributed by atoms with E-state index in [0.717, 1.165) is 39.0 Å². The van der Waals surface area contributed by atoms with Crippen LogP contribution in [0.3, 0.4) is 0 Å². The van der Waals surface area contributed by atoms with Crippen molar-refractivity contribution in [2.75, 3.05) is 0 Å². The summed E-state index contributed by atoms with van der Waals surface area (Å²) in [5.41, 5.74) is -0.681. The van der Waals surface area contributed by atoms with Crippen LogP contribution < -0.4 is 0 Å². The van der Waals surface area contributed by atoms with Crippen LogP contribution in [0.5, 0.6) is 0 Å². The second-order valence-corrected chi connectivity index (χ2v) is 3.50. The lowest BCUT2D eigenvalue weighted by Gasteiger charge is -2.19. The fraction of sp³-hybridized carbons (Fsp3) is 0.889. The Hall–Kier alpha value is -0.540. The van der Waals surface area contributed by atoms with Crippen LogP contribution in [-0.4, -0.2) is 17.9 Å². The van der Waals surface area contributed by atoms with Crippen LogP contribution >= 0.6 is 0 Å². The molecule has 0 N–H and O–H groups in total. The van der Waals surface area contributed by atoms with Crippen molar-refractivity contribution in [3.05, 3.63) is 0 Å². The van der Waals surface area contributed by atoms with Crippen molar-refractivity contribution in [2.24, 2.45) is 4.99 Å². The first-order chi connectivity index (χ1) is 6.00. The van der Waals surface area contributed by atoms with Gasteiger partial charge in [0.2, 0.25) is 0 Å². The van der Waals surface area contributed by atoms with E-state index < -0.39 is 11.9 Å². The Labute approximate surface area is 76.0 Å². The van der Waals surface area contributed by atoms with E-state index >= 15 is 0 Å². The van der Waals surface area contributed by atoms with Gasteiger partial charge in [0.25, 0.3) is 0 Å². The van der Waals surface area contributed by atoms with Gasteiger partial charge in [0.05, 0.1) is 6.04 Å². The minimum atomic E-state index is -4.24. The summed E-state index contributed by atoms with van der Waals surface area (Å²) in [5.74, 6) is 0. The fourth-order valence-electron chi connectivity index (χ4n) is 1.56. The van der Waals surface area contributed by atoms with E-state index in [1.807, 2.05) is 0 Å². The number of hydrogen-bond acceptors (Lipinski definition) is 1. The summed E-state index contributed by atoms with van der Waals surface area (Å²) in [4.78, 5) is 3.70. The van der Waals surface area contributed by atoms with E-state index in [4.69, 9.17) is 0 Å². The highest BCUT2D eigenvalue weighted by molar-refractivity contribution is 5.87. The molecule has 0 amide bonds. The van der Waals surface area contributed by atoms with Crippen molar-refractivity contribution >= 4 is 5.71 Å². The number of halogens is 3. The van der Waals surface area contributed by atoms with Crippen molar-refractivity contribution in [3.63, 3.8) is 0 Å². The molecule has 1 aliphatic rings. The Morgan fingerprint density at radius 2 is 1.69 bits per heavy atom. The number of nitrogens with zero attached hydrogens (tertiary/aromatic N) is 1. The third kappa shape index (κ3) is 3.36. The molecule has 0 heterocycles. The highest BCUT2D eigenvalue weighted by atomic mass is 19.4. The minimum Gasteiger partial charge on any atom is -0.282 e. The van der Waals surface area contributed by atoms with E-state index in [1.54, 1.807) is 0 Å². The van der Waals surface area contributed by atoms with Gasteiger partial charge in [-0.1, -0.05) is 19.3 Å². The number of alkyl halides is 3. The maximum atomic E-state index is 12.1. The van der Waals surface area contributed by atoms with Crippen LogP contribution in [0, 0.1) is 0 Å². The molecule has 13 heavy (non-hydrogen) atoms. The normalized spacial score (nSPS) is 22.0. The summed E-state index contributed by atoms with van der Waals surface area (Å²) < 4.78 is 36.2. The molecule has 0 unspecified atom stereocenters. The molecular formula is C9H14F3N. The number of rotatable bonds is 1. The second-order valence-electron chi connectivity index (χ2n) is 3.50. The first-order valence-electron chi connectivity index (χ1n) is 4.62. The maximum absolute atomic E-state index is 12.1. The standard InChI is InChI=1S/C9H14F3N/c1-7(9(10,11)12)13-8-5-3-2-4-6-8/h8H,2-6H2,1H3. The molecule has 0 aliphatic heterocycles. The van der Waals surface area contributed by atoms with Crippen LogP contribution in [0.1, 0.15) is 39.0 Å². The molecule has 0 aromatic rings. The molecule has 1 fully saturated rings. The molecule has 0 saturated heterocycles. The van der Waals surface area contributed by atoms with Gasteiger partial charge in [0.1, 0.15) is 5.71 Å². The Balaban J connectivity index is 2.53. The molecule has 1 aliphatic carbocycles. The van der Waals surface area contributed by atoms with Crippen LogP contribution in [0.15, 0.2) is 4.99 Å². The van der Waals surface area contributed by atoms with Crippen LogP contribution in [0.2, 0.25) is 0 Å². The third-order valence-corrected chi connectivity index (χ3v) is 2.36. The lowest BCUT2D eigenvalue weighted by Crippen LogP contribution is -2.23. The molecular weight excluding hydrogens is 179 g/mol. The zero-order valence-electron chi connectivity index (χ0n) is 7.69. The summed E-state index contributed by atoms with van der Waals surface area (Å²) in [6, 6.07) is -0.0876. The minimum absolute atomic E-state index is 0.0876. The fourth-order valence-corrected chi connectivity index (χ4v) is 1.56. The predicted octanol–water partition coefficient (Wildman–Crippen LogP) is 3.34. The van der Waals surface area contributed by atoms with Gasteiger partial charge < -0.3 is 0 Å². The molecule has 4 heteroatoms. The molecule has 0 aromatic carbocycles. The van der Waals surface area contributed by atoms with Crippen LogP contribution in [0.4, 0.5) is 13.2 Å². The largest absolute Gasteiger partial charge is 0.428 e. The topological polar surface area (TPSA) is 12.4 Å². The molecule has 0 aromatic heterocycles. The van der Waals surface area contributed by atoms with E-state index in [0.29, 0.717) is 0 Å². The number of aliphatic imine (C=N–C) groups is 1. The smallest absolute Gasteiger partial charge is 0.282 e. The lowest BCUT2D eigenvalue weighted by molar-refractivity contribution is -0.0596. The molecule has 76 valence electrons. The van der Waals surface area contributed by atoms with Gasteiger partial charge in [-0.25, -0.2) is 0 Å². The highest BCUT2D eigenvalue weighted by Crippen LogP contribution is 2.23. The van der Waals surface area contributed by atoms with Gasteiger partial charge in [-0.05, 0) is 19.8 Å². The van der Waals surface area contributed by atoms with Crippen molar-refractivity contribution in [3.8, 4) is 0 Å². The third-order valence-electron chi connectivity index (χ3n) is 2.36. The van der Waals surface area contributed by atoms with E-state index in [-0.39, 0.29) is 6.04 Å². The Bertz CT molecular complexity index is 190.